The molecule has 0 bridgehead atoms. The second-order valence-corrected chi connectivity index (χ2v) is 5.80. The third-order valence-electron chi connectivity index (χ3n) is 2.57. The van der Waals surface area contributed by atoms with Crippen LogP contribution in [0.25, 0.3) is 0 Å². The van der Waals surface area contributed by atoms with Gasteiger partial charge in [-0.05, 0) is 18.4 Å². The van der Waals surface area contributed by atoms with Gasteiger partial charge in [0.05, 0.1) is 5.75 Å². The lowest BCUT2D eigenvalue weighted by Crippen LogP contribution is -2.29. The van der Waals surface area contributed by atoms with Crippen molar-refractivity contribution in [3.8, 4) is 0 Å². The summed E-state index contributed by atoms with van der Waals surface area (Å²) in [7, 11) is -3.19. The second-order valence-electron chi connectivity index (χ2n) is 3.88. The second kappa shape index (κ2) is 4.70. The Morgan fingerprint density at radius 1 is 1.19 bits per heavy atom. The van der Waals surface area contributed by atoms with Gasteiger partial charge >= 0.3 is 0 Å². The van der Waals surface area contributed by atoms with Gasteiger partial charge in [0.1, 0.15) is 0 Å². The summed E-state index contributed by atoms with van der Waals surface area (Å²) in [6.07, 6.45) is 5.47. The van der Waals surface area contributed by atoms with Crippen LogP contribution in [0.4, 0.5) is 0 Å². The molecule has 0 spiro atoms. The first-order valence-corrected chi connectivity index (χ1v) is 6.99. The SMILES string of the molecule is O=S(=O)(Cc1ccccc1)N1C=CCCC1. The monoisotopic (exact) mass is 237 g/mol. The summed E-state index contributed by atoms with van der Waals surface area (Å²) >= 11 is 0. The molecule has 0 unspecified atom stereocenters. The number of sulfonamides is 1. The van der Waals surface area contributed by atoms with Crippen LogP contribution in [0.5, 0.6) is 0 Å². The molecule has 1 aromatic rings. The Morgan fingerprint density at radius 3 is 2.56 bits per heavy atom. The fraction of sp³-hybridized carbons (Fsp3) is 0.333. The van der Waals surface area contributed by atoms with Crippen molar-refractivity contribution in [2.75, 3.05) is 6.54 Å². The first kappa shape index (κ1) is 11.2. The maximum Gasteiger partial charge on any atom is 0.238 e. The van der Waals surface area contributed by atoms with Crippen molar-refractivity contribution in [3.63, 3.8) is 0 Å². The van der Waals surface area contributed by atoms with Gasteiger partial charge in [-0.2, -0.15) is 0 Å². The summed E-state index contributed by atoms with van der Waals surface area (Å²) in [5, 5.41) is 0. The van der Waals surface area contributed by atoms with E-state index in [1.807, 2.05) is 36.4 Å². The van der Waals surface area contributed by atoms with E-state index >= 15 is 0 Å². The van der Waals surface area contributed by atoms with Crippen molar-refractivity contribution in [1.29, 1.82) is 0 Å². The molecule has 0 atom stereocenters. The van der Waals surface area contributed by atoms with Gasteiger partial charge in [-0.3, -0.25) is 4.31 Å². The van der Waals surface area contributed by atoms with Crippen molar-refractivity contribution in [1.82, 2.24) is 4.31 Å². The van der Waals surface area contributed by atoms with E-state index in [4.69, 9.17) is 0 Å². The predicted octanol–water partition coefficient (Wildman–Crippen LogP) is 2.13. The third kappa shape index (κ3) is 2.64. The van der Waals surface area contributed by atoms with Gasteiger partial charge in [0, 0.05) is 12.7 Å². The molecule has 0 N–H and O–H groups in total. The van der Waals surface area contributed by atoms with E-state index in [0.29, 0.717) is 6.54 Å². The van der Waals surface area contributed by atoms with E-state index in [1.54, 1.807) is 6.20 Å². The lowest BCUT2D eigenvalue weighted by molar-refractivity contribution is 0.476. The third-order valence-corrected chi connectivity index (χ3v) is 4.29. The Kier molecular flexibility index (Phi) is 3.29. The minimum atomic E-state index is -3.19. The van der Waals surface area contributed by atoms with Crippen LogP contribution in [-0.2, 0) is 15.8 Å². The molecule has 1 heterocycles. The maximum atomic E-state index is 12.0. The molecule has 0 amide bonds. The molecule has 0 aromatic heterocycles. The first-order valence-electron chi connectivity index (χ1n) is 5.38. The fourth-order valence-corrected chi connectivity index (χ4v) is 3.19. The molecule has 4 heteroatoms. The Hall–Kier alpha value is -1.29. The molecule has 1 aromatic carbocycles. The molecule has 86 valence electrons. The van der Waals surface area contributed by atoms with E-state index in [2.05, 4.69) is 0 Å². The van der Waals surface area contributed by atoms with E-state index in [9.17, 15) is 8.42 Å². The summed E-state index contributed by atoms with van der Waals surface area (Å²) < 4.78 is 25.5. The van der Waals surface area contributed by atoms with Crippen LogP contribution in [0.15, 0.2) is 42.6 Å². The van der Waals surface area contributed by atoms with Gasteiger partial charge in [0.2, 0.25) is 10.0 Å². The number of hydrogen-bond donors (Lipinski definition) is 0. The highest BCUT2D eigenvalue weighted by Crippen LogP contribution is 2.15. The molecular weight excluding hydrogens is 222 g/mol. The maximum absolute atomic E-state index is 12.0. The molecule has 0 aliphatic carbocycles. The van der Waals surface area contributed by atoms with Crippen LogP contribution in [0.1, 0.15) is 18.4 Å². The summed E-state index contributed by atoms with van der Waals surface area (Å²) in [5.41, 5.74) is 0.835. The summed E-state index contributed by atoms with van der Waals surface area (Å²) in [4.78, 5) is 0. The minimum absolute atomic E-state index is 0.0815. The molecule has 2 rings (SSSR count). The quantitative estimate of drug-likeness (QED) is 0.807. The fourth-order valence-electron chi connectivity index (χ4n) is 1.73. The lowest BCUT2D eigenvalue weighted by Gasteiger charge is -2.22. The van der Waals surface area contributed by atoms with Crippen LogP contribution >= 0.6 is 0 Å². The van der Waals surface area contributed by atoms with Crippen molar-refractivity contribution in [2.24, 2.45) is 0 Å². The van der Waals surface area contributed by atoms with Crippen molar-refractivity contribution >= 4 is 10.0 Å². The highest BCUT2D eigenvalue weighted by molar-refractivity contribution is 7.88. The Bertz CT molecular complexity index is 465. The minimum Gasteiger partial charge on any atom is -0.277 e. The Balaban J connectivity index is 2.14. The zero-order valence-electron chi connectivity index (χ0n) is 9.04. The molecule has 1 aliphatic heterocycles. The van der Waals surface area contributed by atoms with E-state index in [0.717, 1.165) is 18.4 Å². The van der Waals surface area contributed by atoms with Gasteiger partial charge in [0.15, 0.2) is 0 Å². The highest BCUT2D eigenvalue weighted by atomic mass is 32.2. The van der Waals surface area contributed by atoms with Gasteiger partial charge < -0.3 is 0 Å². The Morgan fingerprint density at radius 2 is 1.94 bits per heavy atom. The normalized spacial score (nSPS) is 16.4. The topological polar surface area (TPSA) is 37.4 Å². The number of benzene rings is 1. The van der Waals surface area contributed by atoms with Crippen LogP contribution in [0.2, 0.25) is 0 Å². The number of allylic oxidation sites excluding steroid dienone is 1. The van der Waals surface area contributed by atoms with E-state index in [1.165, 1.54) is 4.31 Å². The van der Waals surface area contributed by atoms with Gasteiger partial charge in [-0.15, -0.1) is 0 Å². The van der Waals surface area contributed by atoms with Crippen LogP contribution in [-0.4, -0.2) is 19.3 Å². The zero-order valence-corrected chi connectivity index (χ0v) is 9.86. The highest BCUT2D eigenvalue weighted by Gasteiger charge is 2.19. The lowest BCUT2D eigenvalue weighted by atomic mass is 10.2. The largest absolute Gasteiger partial charge is 0.277 e. The van der Waals surface area contributed by atoms with Gasteiger partial charge in [-0.25, -0.2) is 8.42 Å². The zero-order chi connectivity index (χ0) is 11.4. The average molecular weight is 237 g/mol. The number of nitrogens with zero attached hydrogens (tertiary/aromatic N) is 1. The molecule has 0 radical (unpaired) electrons. The van der Waals surface area contributed by atoms with Crippen molar-refractivity contribution < 1.29 is 8.42 Å². The van der Waals surface area contributed by atoms with Crippen LogP contribution in [0, 0.1) is 0 Å². The molecule has 16 heavy (non-hydrogen) atoms. The summed E-state index contributed by atoms with van der Waals surface area (Å²) in [6.45, 7) is 0.603. The molecular formula is C12H15NO2S. The van der Waals surface area contributed by atoms with Crippen molar-refractivity contribution in [2.45, 2.75) is 18.6 Å². The number of rotatable bonds is 3. The van der Waals surface area contributed by atoms with Gasteiger partial charge in [0.25, 0.3) is 0 Å². The molecule has 0 fully saturated rings. The average Bonchev–Trinajstić information content (AvgIpc) is 2.31. The molecule has 1 aliphatic rings. The van der Waals surface area contributed by atoms with Crippen LogP contribution in [0.3, 0.4) is 0 Å². The molecule has 0 saturated heterocycles. The molecule has 0 saturated carbocycles. The van der Waals surface area contributed by atoms with E-state index < -0.39 is 10.0 Å². The summed E-state index contributed by atoms with van der Waals surface area (Å²) in [6, 6.07) is 9.28. The van der Waals surface area contributed by atoms with Crippen molar-refractivity contribution in [3.05, 3.63) is 48.2 Å². The van der Waals surface area contributed by atoms with Gasteiger partial charge in [-0.1, -0.05) is 36.4 Å². The standard InChI is InChI=1S/C12H15NO2S/c14-16(15,13-9-5-2-6-10-13)11-12-7-3-1-4-8-12/h1,3-5,7-9H,2,6,10-11H2. The summed E-state index contributed by atoms with van der Waals surface area (Å²) in [5.74, 6) is 0.0815. The smallest absolute Gasteiger partial charge is 0.238 e. The van der Waals surface area contributed by atoms with E-state index in [-0.39, 0.29) is 5.75 Å². The molecule has 3 nitrogen and oxygen atoms in total. The first-order chi connectivity index (χ1) is 7.68. The van der Waals surface area contributed by atoms with Crippen LogP contribution < -0.4 is 0 Å². The Labute approximate surface area is 96.4 Å². The predicted molar refractivity (Wildman–Crippen MR) is 64.1 cm³/mol. The number of hydrogen-bond acceptors (Lipinski definition) is 2.